The van der Waals surface area contributed by atoms with E-state index in [1.165, 1.54) is 5.56 Å². The number of nitrogens with one attached hydrogen (secondary N) is 1. The maximum Gasteiger partial charge on any atom is 0.225 e. The van der Waals surface area contributed by atoms with Gasteiger partial charge < -0.3 is 15.2 Å². The summed E-state index contributed by atoms with van der Waals surface area (Å²) in [7, 11) is 0. The van der Waals surface area contributed by atoms with Crippen molar-refractivity contribution in [3.63, 3.8) is 0 Å². The van der Waals surface area contributed by atoms with Crippen molar-refractivity contribution in [2.75, 3.05) is 19.8 Å². The summed E-state index contributed by atoms with van der Waals surface area (Å²) in [6.07, 6.45) is 1.08. The van der Waals surface area contributed by atoms with E-state index in [0.29, 0.717) is 32.6 Å². The molecule has 5 nitrogen and oxygen atoms in total. The Morgan fingerprint density at radius 3 is 2.58 bits per heavy atom. The van der Waals surface area contributed by atoms with Crippen LogP contribution in [0.1, 0.15) is 47.4 Å². The molecule has 1 aromatic carbocycles. The van der Waals surface area contributed by atoms with E-state index in [1.54, 1.807) is 0 Å². The monoisotopic (exact) mass is 359 g/mol. The van der Waals surface area contributed by atoms with E-state index in [2.05, 4.69) is 17.4 Å². The molecular formula is C21H29NO4. The van der Waals surface area contributed by atoms with Crippen LogP contribution in [0.4, 0.5) is 0 Å². The fourth-order valence-corrected chi connectivity index (χ4v) is 4.52. The number of carbonyl (C=O) groups excluding carboxylic acids is 2. The fraction of sp³-hybridized carbons (Fsp3) is 0.619. The van der Waals surface area contributed by atoms with Crippen molar-refractivity contribution in [1.82, 2.24) is 5.32 Å². The van der Waals surface area contributed by atoms with Crippen molar-refractivity contribution >= 4 is 11.7 Å². The largest absolute Gasteiger partial charge is 0.392 e. The van der Waals surface area contributed by atoms with Gasteiger partial charge in [0.15, 0.2) is 0 Å². The van der Waals surface area contributed by atoms with Crippen molar-refractivity contribution in [3.05, 3.63) is 34.4 Å². The first kappa shape index (κ1) is 19.1. The third-order valence-electron chi connectivity index (χ3n) is 5.80. The molecule has 1 heterocycles. The van der Waals surface area contributed by atoms with Crippen LogP contribution >= 0.6 is 0 Å². The Kier molecular flexibility index (Phi) is 5.78. The zero-order valence-corrected chi connectivity index (χ0v) is 15.9. The quantitative estimate of drug-likeness (QED) is 0.845. The highest BCUT2D eigenvalue weighted by atomic mass is 16.5. The molecule has 5 heteroatoms. The van der Waals surface area contributed by atoms with Crippen LogP contribution in [0.5, 0.6) is 0 Å². The van der Waals surface area contributed by atoms with Crippen LogP contribution in [0, 0.1) is 32.6 Å². The SMILES string of the molecule is Cc1cc(C)c(C2C(=O)CC(CCNC(=O)C3CCOC3)C2O)c(C)c1. The van der Waals surface area contributed by atoms with Crippen molar-refractivity contribution in [1.29, 1.82) is 0 Å². The minimum atomic E-state index is -0.686. The van der Waals surface area contributed by atoms with Gasteiger partial charge in [-0.3, -0.25) is 9.59 Å². The minimum absolute atomic E-state index is 0.0167. The number of hydrogen-bond acceptors (Lipinski definition) is 4. The summed E-state index contributed by atoms with van der Waals surface area (Å²) in [6.45, 7) is 7.68. The zero-order chi connectivity index (χ0) is 18.8. The molecule has 0 spiro atoms. The van der Waals surface area contributed by atoms with Crippen LogP contribution in [0.3, 0.4) is 0 Å². The first-order chi connectivity index (χ1) is 12.4. The third kappa shape index (κ3) is 3.84. The third-order valence-corrected chi connectivity index (χ3v) is 5.80. The van der Waals surface area contributed by atoms with Crippen molar-refractivity contribution in [3.8, 4) is 0 Å². The smallest absolute Gasteiger partial charge is 0.225 e. The van der Waals surface area contributed by atoms with Gasteiger partial charge in [-0.2, -0.15) is 0 Å². The Labute approximate surface area is 155 Å². The fourth-order valence-electron chi connectivity index (χ4n) is 4.52. The Morgan fingerprint density at radius 2 is 1.96 bits per heavy atom. The van der Waals surface area contributed by atoms with Gasteiger partial charge in [-0.25, -0.2) is 0 Å². The van der Waals surface area contributed by atoms with Gasteiger partial charge in [0.05, 0.1) is 24.5 Å². The van der Waals surface area contributed by atoms with Gasteiger partial charge in [-0.1, -0.05) is 17.7 Å². The number of aliphatic hydroxyl groups is 1. The highest BCUT2D eigenvalue weighted by molar-refractivity contribution is 5.90. The first-order valence-corrected chi connectivity index (χ1v) is 9.52. The lowest BCUT2D eigenvalue weighted by atomic mass is 9.85. The zero-order valence-electron chi connectivity index (χ0n) is 15.9. The van der Waals surface area contributed by atoms with Crippen LogP contribution in [-0.2, 0) is 14.3 Å². The first-order valence-electron chi connectivity index (χ1n) is 9.52. The maximum atomic E-state index is 12.6. The summed E-state index contributed by atoms with van der Waals surface area (Å²) in [4.78, 5) is 24.7. The second kappa shape index (κ2) is 7.89. The summed E-state index contributed by atoms with van der Waals surface area (Å²) in [5, 5.41) is 13.7. The molecule has 0 aromatic heterocycles. The predicted octanol–water partition coefficient (Wildman–Crippen LogP) is 2.19. The molecular weight excluding hydrogens is 330 g/mol. The van der Waals surface area contributed by atoms with Crippen molar-refractivity contribution < 1.29 is 19.4 Å². The molecule has 2 aliphatic rings. The van der Waals surface area contributed by atoms with E-state index in [-0.39, 0.29) is 23.5 Å². The molecule has 2 N–H and O–H groups in total. The van der Waals surface area contributed by atoms with E-state index < -0.39 is 12.0 Å². The molecule has 1 saturated heterocycles. The predicted molar refractivity (Wildman–Crippen MR) is 99.1 cm³/mol. The van der Waals surface area contributed by atoms with Crippen LogP contribution in [0.25, 0.3) is 0 Å². The lowest BCUT2D eigenvalue weighted by Gasteiger charge is -2.22. The highest BCUT2D eigenvalue weighted by Crippen LogP contribution is 2.40. The molecule has 1 saturated carbocycles. The molecule has 1 aromatic rings. The van der Waals surface area contributed by atoms with Gasteiger partial charge >= 0.3 is 0 Å². The summed E-state index contributed by atoms with van der Waals surface area (Å²) >= 11 is 0. The number of benzene rings is 1. The summed E-state index contributed by atoms with van der Waals surface area (Å²) in [5.74, 6) is -0.487. The molecule has 4 unspecified atom stereocenters. The Bertz CT molecular complexity index is 670. The second-order valence-corrected chi connectivity index (χ2v) is 7.85. The highest BCUT2D eigenvalue weighted by Gasteiger charge is 2.43. The number of ketones is 1. The maximum absolute atomic E-state index is 12.6. The minimum Gasteiger partial charge on any atom is -0.392 e. The van der Waals surface area contributed by atoms with Gasteiger partial charge in [0.1, 0.15) is 5.78 Å². The standard InChI is InChI=1S/C21H29NO4/c1-12-8-13(2)18(14(3)9-12)19-17(23)10-15(20(19)24)4-6-22-21(25)16-5-7-26-11-16/h8-9,15-16,19-20,24H,4-7,10-11H2,1-3H3,(H,22,25). The molecule has 142 valence electrons. The number of aliphatic hydroxyl groups excluding tert-OH is 1. The normalized spacial score (nSPS) is 28.5. The summed E-state index contributed by atoms with van der Waals surface area (Å²) in [5.41, 5.74) is 4.27. The molecule has 1 amide bonds. The number of ether oxygens (including phenoxy) is 1. The second-order valence-electron chi connectivity index (χ2n) is 7.85. The van der Waals surface area contributed by atoms with Gasteiger partial charge in [0.25, 0.3) is 0 Å². The molecule has 1 aliphatic carbocycles. The van der Waals surface area contributed by atoms with Gasteiger partial charge in [0.2, 0.25) is 5.91 Å². The van der Waals surface area contributed by atoms with E-state index in [9.17, 15) is 14.7 Å². The molecule has 3 rings (SSSR count). The summed E-state index contributed by atoms with van der Waals surface area (Å²) in [6, 6.07) is 4.14. The molecule has 1 aliphatic heterocycles. The van der Waals surface area contributed by atoms with E-state index in [4.69, 9.17) is 4.74 Å². The topological polar surface area (TPSA) is 75.6 Å². The van der Waals surface area contributed by atoms with E-state index in [0.717, 1.165) is 23.1 Å². The molecule has 26 heavy (non-hydrogen) atoms. The van der Waals surface area contributed by atoms with Gasteiger partial charge in [-0.15, -0.1) is 0 Å². The number of aryl methyl sites for hydroxylation is 3. The molecule has 2 fully saturated rings. The van der Waals surface area contributed by atoms with Crippen molar-refractivity contribution in [2.45, 2.75) is 52.1 Å². The average Bonchev–Trinajstić information content (AvgIpc) is 3.18. The Morgan fingerprint density at radius 1 is 1.27 bits per heavy atom. The number of rotatable bonds is 5. The number of hydrogen-bond donors (Lipinski definition) is 2. The van der Waals surface area contributed by atoms with E-state index in [1.807, 2.05) is 20.8 Å². The average molecular weight is 359 g/mol. The van der Waals surface area contributed by atoms with Gasteiger partial charge in [-0.05, 0) is 56.2 Å². The summed E-state index contributed by atoms with van der Waals surface area (Å²) < 4.78 is 5.24. The molecule has 0 radical (unpaired) electrons. The van der Waals surface area contributed by atoms with Crippen molar-refractivity contribution in [2.24, 2.45) is 11.8 Å². The number of carbonyl (C=O) groups is 2. The van der Waals surface area contributed by atoms with E-state index >= 15 is 0 Å². The Hall–Kier alpha value is -1.72. The number of amides is 1. The van der Waals surface area contributed by atoms with Gasteiger partial charge in [0, 0.05) is 19.6 Å². The lowest BCUT2D eigenvalue weighted by Crippen LogP contribution is -2.33. The molecule has 4 atom stereocenters. The number of Topliss-reactive ketones (excluding diaryl/α,β-unsaturated/α-hetero) is 1. The van der Waals surface area contributed by atoms with Crippen LogP contribution in [0.15, 0.2) is 12.1 Å². The lowest BCUT2D eigenvalue weighted by molar-refractivity contribution is -0.125. The van der Waals surface area contributed by atoms with Crippen LogP contribution in [-0.4, -0.2) is 42.7 Å². The molecule has 0 bridgehead atoms. The Balaban J connectivity index is 1.62. The van der Waals surface area contributed by atoms with Crippen LogP contribution in [0.2, 0.25) is 0 Å². The van der Waals surface area contributed by atoms with Crippen LogP contribution < -0.4 is 5.32 Å².